The molecule has 2 aromatic rings. The average Bonchev–Trinajstić information content (AvgIpc) is 2.76. The second-order valence-electron chi connectivity index (χ2n) is 3.63. The number of nitrogens with one attached hydrogen (secondary N) is 1. The van der Waals surface area contributed by atoms with Crippen LogP contribution in [0, 0.1) is 0 Å². The number of hydrogen-bond donors (Lipinski definition) is 1. The van der Waals surface area contributed by atoms with Crippen LogP contribution < -0.4 is 4.72 Å². The van der Waals surface area contributed by atoms with E-state index < -0.39 is 10.0 Å². The van der Waals surface area contributed by atoms with Crippen LogP contribution in [0.2, 0.25) is 5.02 Å². The van der Waals surface area contributed by atoms with Crippen LogP contribution in [-0.2, 0) is 16.6 Å². The van der Waals surface area contributed by atoms with Crippen LogP contribution in [0.25, 0.3) is 0 Å². The molecule has 1 N–H and O–H groups in total. The van der Waals surface area contributed by atoms with E-state index in [4.69, 9.17) is 11.6 Å². The minimum absolute atomic E-state index is 0.180. The van der Waals surface area contributed by atoms with Crippen LogP contribution in [0.5, 0.6) is 0 Å². The van der Waals surface area contributed by atoms with E-state index in [1.807, 2.05) is 11.4 Å². The monoisotopic (exact) mass is 443 g/mol. The van der Waals surface area contributed by atoms with Gasteiger partial charge in [-0.2, -0.15) is 0 Å². The van der Waals surface area contributed by atoms with Gasteiger partial charge in [-0.1, -0.05) is 11.6 Å². The minimum atomic E-state index is -3.54. The summed E-state index contributed by atoms with van der Waals surface area (Å²) in [6.07, 6.45) is 0. The van der Waals surface area contributed by atoms with E-state index in [2.05, 4.69) is 36.6 Å². The molecule has 0 saturated carbocycles. The number of hydrogen-bond acceptors (Lipinski definition) is 3. The van der Waals surface area contributed by atoms with Crippen molar-refractivity contribution < 1.29 is 8.42 Å². The Morgan fingerprint density at radius 1 is 1.26 bits per heavy atom. The van der Waals surface area contributed by atoms with Crippen LogP contribution >= 0.6 is 54.8 Å². The molecule has 2 rings (SSSR count). The first kappa shape index (κ1) is 15.5. The predicted molar refractivity (Wildman–Crippen MR) is 85.2 cm³/mol. The highest BCUT2D eigenvalue weighted by Gasteiger charge is 2.15. The van der Waals surface area contributed by atoms with E-state index in [1.54, 1.807) is 6.07 Å². The Morgan fingerprint density at radius 2 is 2.00 bits per heavy atom. The molecule has 1 aromatic heterocycles. The molecule has 1 heterocycles. The standard InChI is InChI=1S/C11H8Br2ClNO2S2/c12-7-3-8(18-6-7)5-15-19(16,17)9-1-2-11(14)10(13)4-9/h1-4,6,15H,5H2. The fourth-order valence-electron chi connectivity index (χ4n) is 1.34. The third-order valence-corrected chi connectivity index (χ3v) is 6.57. The molecular weight excluding hydrogens is 438 g/mol. The molecule has 0 bridgehead atoms. The normalized spacial score (nSPS) is 11.7. The maximum Gasteiger partial charge on any atom is 0.240 e. The van der Waals surface area contributed by atoms with Crippen LogP contribution in [0.3, 0.4) is 0 Å². The third kappa shape index (κ3) is 4.03. The molecule has 0 fully saturated rings. The second-order valence-corrected chi connectivity index (χ2v) is 8.57. The fraction of sp³-hybridized carbons (Fsp3) is 0.0909. The first-order valence-electron chi connectivity index (χ1n) is 5.06. The number of benzene rings is 1. The molecule has 0 amide bonds. The predicted octanol–water partition coefficient (Wildman–Crippen LogP) is 4.41. The summed E-state index contributed by atoms with van der Waals surface area (Å²) in [4.78, 5) is 1.11. The summed E-state index contributed by atoms with van der Waals surface area (Å²) in [7, 11) is -3.54. The first-order valence-corrected chi connectivity index (χ1v) is 9.39. The van der Waals surface area contributed by atoms with Gasteiger partial charge in [-0.25, -0.2) is 13.1 Å². The van der Waals surface area contributed by atoms with Gasteiger partial charge in [-0.15, -0.1) is 11.3 Å². The minimum Gasteiger partial charge on any atom is -0.207 e. The SMILES string of the molecule is O=S(=O)(NCc1cc(Br)cs1)c1ccc(Cl)c(Br)c1. The van der Waals surface area contributed by atoms with Crippen molar-refractivity contribution in [1.29, 1.82) is 0 Å². The van der Waals surface area contributed by atoms with Gasteiger partial charge in [0.05, 0.1) is 9.92 Å². The Labute approximate surface area is 137 Å². The number of rotatable bonds is 4. The van der Waals surface area contributed by atoms with Gasteiger partial charge in [0.15, 0.2) is 0 Å². The van der Waals surface area contributed by atoms with E-state index in [1.165, 1.54) is 23.5 Å². The molecule has 0 atom stereocenters. The Bertz CT molecular complexity index is 700. The Hall–Kier alpha value is 0.0800. The van der Waals surface area contributed by atoms with Crippen LogP contribution in [0.1, 0.15) is 4.88 Å². The van der Waals surface area contributed by atoms with Gasteiger partial charge in [-0.05, 0) is 56.1 Å². The molecule has 0 aliphatic heterocycles. The van der Waals surface area contributed by atoms with Gasteiger partial charge in [0, 0.05) is 25.7 Å². The zero-order chi connectivity index (χ0) is 14.0. The van der Waals surface area contributed by atoms with E-state index >= 15 is 0 Å². The highest BCUT2D eigenvalue weighted by atomic mass is 79.9. The van der Waals surface area contributed by atoms with Crippen molar-refractivity contribution in [2.24, 2.45) is 0 Å². The molecule has 0 aliphatic rings. The zero-order valence-electron chi connectivity index (χ0n) is 9.36. The number of thiophene rings is 1. The molecular formula is C11H8Br2ClNO2S2. The molecule has 0 spiro atoms. The molecule has 0 radical (unpaired) electrons. The van der Waals surface area contributed by atoms with Gasteiger partial charge in [0.2, 0.25) is 10.0 Å². The van der Waals surface area contributed by atoms with Crippen LogP contribution in [-0.4, -0.2) is 8.42 Å². The molecule has 0 aliphatic carbocycles. The lowest BCUT2D eigenvalue weighted by atomic mass is 10.4. The Kier molecular flexibility index (Phi) is 5.08. The van der Waals surface area contributed by atoms with E-state index in [-0.39, 0.29) is 11.4 Å². The lowest BCUT2D eigenvalue weighted by molar-refractivity contribution is 0.582. The van der Waals surface area contributed by atoms with E-state index in [0.717, 1.165) is 9.35 Å². The van der Waals surface area contributed by atoms with Crippen molar-refractivity contribution in [3.63, 3.8) is 0 Å². The number of halogens is 3. The average molecular weight is 446 g/mol. The summed E-state index contributed by atoms with van der Waals surface area (Å²) in [5, 5.41) is 2.38. The summed E-state index contributed by atoms with van der Waals surface area (Å²) >= 11 is 13.9. The maximum atomic E-state index is 12.1. The van der Waals surface area contributed by atoms with Gasteiger partial charge in [-0.3, -0.25) is 0 Å². The van der Waals surface area contributed by atoms with Crippen molar-refractivity contribution in [2.75, 3.05) is 0 Å². The van der Waals surface area contributed by atoms with Crippen LogP contribution in [0.15, 0.2) is 43.5 Å². The molecule has 1 aromatic carbocycles. The first-order chi connectivity index (χ1) is 8.88. The highest BCUT2D eigenvalue weighted by Crippen LogP contribution is 2.25. The third-order valence-electron chi connectivity index (χ3n) is 2.26. The van der Waals surface area contributed by atoms with Crippen molar-refractivity contribution in [2.45, 2.75) is 11.4 Å². The largest absolute Gasteiger partial charge is 0.240 e. The molecule has 102 valence electrons. The molecule has 3 nitrogen and oxygen atoms in total. The smallest absolute Gasteiger partial charge is 0.207 e. The summed E-state index contributed by atoms with van der Waals surface area (Å²) in [6, 6.07) is 6.38. The number of sulfonamides is 1. The van der Waals surface area contributed by atoms with Gasteiger partial charge in [0.1, 0.15) is 0 Å². The highest BCUT2D eigenvalue weighted by molar-refractivity contribution is 9.10. The summed E-state index contributed by atoms with van der Waals surface area (Å²) in [5.41, 5.74) is 0. The van der Waals surface area contributed by atoms with Crippen molar-refractivity contribution in [3.05, 3.63) is 48.5 Å². The van der Waals surface area contributed by atoms with E-state index in [0.29, 0.717) is 9.50 Å². The van der Waals surface area contributed by atoms with Crippen molar-refractivity contribution in [3.8, 4) is 0 Å². The lowest BCUT2D eigenvalue weighted by Gasteiger charge is -2.06. The second kappa shape index (κ2) is 6.24. The topological polar surface area (TPSA) is 46.2 Å². The summed E-state index contributed by atoms with van der Waals surface area (Å²) in [5.74, 6) is 0. The molecule has 0 saturated heterocycles. The quantitative estimate of drug-likeness (QED) is 0.758. The van der Waals surface area contributed by atoms with Gasteiger partial charge < -0.3 is 0 Å². The fourth-order valence-corrected chi connectivity index (χ4v) is 4.50. The van der Waals surface area contributed by atoms with Crippen molar-refractivity contribution >= 4 is 64.8 Å². The molecule has 19 heavy (non-hydrogen) atoms. The zero-order valence-corrected chi connectivity index (χ0v) is 14.9. The van der Waals surface area contributed by atoms with E-state index in [9.17, 15) is 8.42 Å². The molecule has 0 unspecified atom stereocenters. The molecule has 8 heteroatoms. The summed E-state index contributed by atoms with van der Waals surface area (Å²) < 4.78 is 28.2. The lowest BCUT2D eigenvalue weighted by Crippen LogP contribution is -2.22. The van der Waals surface area contributed by atoms with Gasteiger partial charge >= 0.3 is 0 Å². The maximum absolute atomic E-state index is 12.1. The van der Waals surface area contributed by atoms with Crippen LogP contribution in [0.4, 0.5) is 0 Å². The van der Waals surface area contributed by atoms with Gasteiger partial charge in [0.25, 0.3) is 0 Å². The Balaban J connectivity index is 2.16. The van der Waals surface area contributed by atoms with Crippen molar-refractivity contribution in [1.82, 2.24) is 4.72 Å². The summed E-state index contributed by atoms with van der Waals surface area (Å²) in [6.45, 7) is 0.263. The Morgan fingerprint density at radius 3 is 2.58 bits per heavy atom.